The molecule has 18 heavy (non-hydrogen) atoms. The molecule has 0 aliphatic heterocycles. The van der Waals surface area contributed by atoms with Crippen LogP contribution in [0.4, 0.5) is 0 Å². The molecular formula is C14H20O4. The Morgan fingerprint density at radius 3 is 2.44 bits per heavy atom. The van der Waals surface area contributed by atoms with Crippen molar-refractivity contribution in [3.8, 4) is 5.75 Å². The smallest absolute Gasteiger partial charge is 0.337 e. The predicted octanol–water partition coefficient (Wildman–Crippen LogP) is 2.40. The molecule has 1 aromatic rings. The van der Waals surface area contributed by atoms with Gasteiger partial charge in [0.05, 0.1) is 7.11 Å². The van der Waals surface area contributed by atoms with Gasteiger partial charge in [0.15, 0.2) is 6.10 Å². The number of hydrogen-bond acceptors (Lipinski definition) is 3. The third-order valence-corrected chi connectivity index (χ3v) is 2.56. The molecule has 1 aromatic carbocycles. The summed E-state index contributed by atoms with van der Waals surface area (Å²) in [7, 11) is 1.46. The molecule has 0 aliphatic rings. The van der Waals surface area contributed by atoms with Crippen molar-refractivity contribution in [3.05, 3.63) is 29.3 Å². The number of rotatable bonds is 4. The first-order valence-electron chi connectivity index (χ1n) is 5.82. The fourth-order valence-corrected chi connectivity index (χ4v) is 1.85. The molecule has 4 nitrogen and oxygen atoms in total. The van der Waals surface area contributed by atoms with Crippen LogP contribution in [0, 0.1) is 5.41 Å². The highest BCUT2D eigenvalue weighted by Gasteiger charge is 2.21. The number of aliphatic hydroxyl groups excluding tert-OH is 1. The van der Waals surface area contributed by atoms with E-state index in [9.17, 15) is 9.90 Å². The summed E-state index contributed by atoms with van der Waals surface area (Å²) in [5, 5.41) is 18.5. The van der Waals surface area contributed by atoms with Crippen LogP contribution in [0.25, 0.3) is 0 Å². The maximum absolute atomic E-state index is 10.9. The molecule has 0 heterocycles. The maximum Gasteiger partial charge on any atom is 0.337 e. The van der Waals surface area contributed by atoms with E-state index in [1.807, 2.05) is 6.07 Å². The minimum absolute atomic E-state index is 0.0973. The number of carbonyl (C=O) groups is 1. The van der Waals surface area contributed by atoms with Crippen molar-refractivity contribution in [1.29, 1.82) is 0 Å². The lowest BCUT2D eigenvalue weighted by Gasteiger charge is -2.20. The van der Waals surface area contributed by atoms with E-state index in [1.165, 1.54) is 7.11 Å². The van der Waals surface area contributed by atoms with Gasteiger partial charge in [-0.2, -0.15) is 0 Å². The van der Waals surface area contributed by atoms with E-state index in [1.54, 1.807) is 12.1 Å². The van der Waals surface area contributed by atoms with E-state index in [-0.39, 0.29) is 5.41 Å². The number of hydrogen-bond donors (Lipinski definition) is 2. The molecule has 1 rings (SSSR count). The second kappa shape index (κ2) is 5.40. The number of ether oxygens (including phenoxy) is 1. The van der Waals surface area contributed by atoms with Gasteiger partial charge in [0.25, 0.3) is 0 Å². The molecular weight excluding hydrogens is 232 g/mol. The summed E-state index contributed by atoms with van der Waals surface area (Å²) < 4.78 is 5.08. The van der Waals surface area contributed by atoms with Gasteiger partial charge in [-0.25, -0.2) is 4.79 Å². The van der Waals surface area contributed by atoms with Crippen LogP contribution in [0.5, 0.6) is 5.75 Å². The Hall–Kier alpha value is -1.55. The Kier molecular flexibility index (Phi) is 4.35. The number of aliphatic hydroxyl groups is 1. The molecule has 0 saturated carbocycles. The highest BCUT2D eigenvalue weighted by Crippen LogP contribution is 2.29. The van der Waals surface area contributed by atoms with Crippen molar-refractivity contribution in [2.75, 3.05) is 7.11 Å². The molecule has 0 fully saturated rings. The number of methoxy groups -OCH3 is 1. The number of carboxylic acid groups (broad SMARTS) is 1. The van der Waals surface area contributed by atoms with E-state index in [2.05, 4.69) is 20.8 Å². The highest BCUT2D eigenvalue weighted by molar-refractivity contribution is 5.75. The highest BCUT2D eigenvalue weighted by atomic mass is 16.5. The molecule has 0 saturated heterocycles. The van der Waals surface area contributed by atoms with Crippen molar-refractivity contribution in [2.24, 2.45) is 5.41 Å². The molecule has 0 amide bonds. The summed E-state index contributed by atoms with van der Waals surface area (Å²) in [6, 6.07) is 5.29. The van der Waals surface area contributed by atoms with Crippen LogP contribution >= 0.6 is 0 Å². The largest absolute Gasteiger partial charge is 0.496 e. The molecule has 0 aromatic heterocycles. The zero-order valence-corrected chi connectivity index (χ0v) is 11.2. The fourth-order valence-electron chi connectivity index (χ4n) is 1.85. The third kappa shape index (κ3) is 3.74. The first-order valence-corrected chi connectivity index (χ1v) is 5.82. The number of benzene rings is 1. The minimum Gasteiger partial charge on any atom is -0.496 e. The Morgan fingerprint density at radius 2 is 2.00 bits per heavy atom. The van der Waals surface area contributed by atoms with Crippen molar-refractivity contribution < 1.29 is 19.7 Å². The van der Waals surface area contributed by atoms with Crippen LogP contribution in [0.1, 0.15) is 38.0 Å². The van der Waals surface area contributed by atoms with Crippen molar-refractivity contribution >= 4 is 5.97 Å². The molecule has 2 N–H and O–H groups in total. The van der Waals surface area contributed by atoms with Crippen LogP contribution in [0.2, 0.25) is 0 Å². The summed E-state index contributed by atoms with van der Waals surface area (Å²) in [5.41, 5.74) is 1.38. The Bertz CT molecular complexity index is 432. The van der Waals surface area contributed by atoms with Crippen LogP contribution in [-0.2, 0) is 11.2 Å². The van der Waals surface area contributed by atoms with E-state index < -0.39 is 12.1 Å². The van der Waals surface area contributed by atoms with E-state index in [0.29, 0.717) is 11.3 Å². The zero-order valence-electron chi connectivity index (χ0n) is 11.2. The summed E-state index contributed by atoms with van der Waals surface area (Å²) >= 11 is 0. The average Bonchev–Trinajstić information content (AvgIpc) is 2.25. The normalized spacial score (nSPS) is 13.2. The van der Waals surface area contributed by atoms with E-state index in [0.717, 1.165) is 12.0 Å². The lowest BCUT2D eigenvalue weighted by atomic mass is 9.87. The molecule has 0 bridgehead atoms. The lowest BCUT2D eigenvalue weighted by Crippen LogP contribution is -2.14. The molecule has 1 atom stereocenters. The van der Waals surface area contributed by atoms with Crippen LogP contribution < -0.4 is 4.74 Å². The third-order valence-electron chi connectivity index (χ3n) is 2.56. The summed E-state index contributed by atoms with van der Waals surface area (Å²) in [4.78, 5) is 10.9. The van der Waals surface area contributed by atoms with Gasteiger partial charge < -0.3 is 14.9 Å². The monoisotopic (exact) mass is 252 g/mol. The first kappa shape index (κ1) is 14.5. The van der Waals surface area contributed by atoms with Gasteiger partial charge in [-0.15, -0.1) is 0 Å². The molecule has 0 radical (unpaired) electrons. The van der Waals surface area contributed by atoms with Gasteiger partial charge in [0.2, 0.25) is 0 Å². The quantitative estimate of drug-likeness (QED) is 0.863. The number of aliphatic carboxylic acids is 1. The summed E-state index contributed by atoms with van der Waals surface area (Å²) in [5.74, 6) is -0.885. The summed E-state index contributed by atoms with van der Waals surface area (Å²) in [6.45, 7) is 6.31. The van der Waals surface area contributed by atoms with Crippen molar-refractivity contribution in [2.45, 2.75) is 33.3 Å². The Labute approximate surface area is 107 Å². The van der Waals surface area contributed by atoms with Gasteiger partial charge in [0.1, 0.15) is 5.75 Å². The molecule has 1 unspecified atom stereocenters. The fraction of sp³-hybridized carbons (Fsp3) is 0.500. The molecule has 0 aliphatic carbocycles. The molecule has 4 heteroatoms. The predicted molar refractivity (Wildman–Crippen MR) is 68.7 cm³/mol. The molecule has 100 valence electrons. The van der Waals surface area contributed by atoms with Crippen LogP contribution in [-0.4, -0.2) is 23.3 Å². The van der Waals surface area contributed by atoms with Crippen LogP contribution in [0.3, 0.4) is 0 Å². The zero-order chi connectivity index (χ0) is 13.9. The van der Waals surface area contributed by atoms with E-state index >= 15 is 0 Å². The van der Waals surface area contributed by atoms with Gasteiger partial charge in [-0.05, 0) is 29.5 Å². The first-order chi connectivity index (χ1) is 8.24. The van der Waals surface area contributed by atoms with Gasteiger partial charge in [-0.3, -0.25) is 0 Å². The van der Waals surface area contributed by atoms with Gasteiger partial charge >= 0.3 is 5.97 Å². The Morgan fingerprint density at radius 1 is 1.39 bits per heavy atom. The average molecular weight is 252 g/mol. The summed E-state index contributed by atoms with van der Waals surface area (Å²) in [6.07, 6.45) is -0.754. The second-order valence-corrected chi connectivity index (χ2v) is 5.55. The molecule has 0 spiro atoms. The van der Waals surface area contributed by atoms with E-state index in [4.69, 9.17) is 9.84 Å². The Balaban J connectivity index is 3.13. The van der Waals surface area contributed by atoms with Crippen LogP contribution in [0.15, 0.2) is 18.2 Å². The van der Waals surface area contributed by atoms with Crippen molar-refractivity contribution in [1.82, 2.24) is 0 Å². The van der Waals surface area contributed by atoms with Gasteiger partial charge in [0, 0.05) is 5.56 Å². The number of carboxylic acids is 1. The van der Waals surface area contributed by atoms with Crippen molar-refractivity contribution in [3.63, 3.8) is 0 Å². The SMILES string of the molecule is COc1ccc(CC(C)(C)C)cc1C(O)C(=O)O. The topological polar surface area (TPSA) is 66.8 Å². The maximum atomic E-state index is 10.9. The standard InChI is InChI=1S/C14H20O4/c1-14(2,3)8-9-5-6-11(18-4)10(7-9)12(15)13(16)17/h5-7,12,15H,8H2,1-4H3,(H,16,17). The second-order valence-electron chi connectivity index (χ2n) is 5.55. The minimum atomic E-state index is -1.56. The van der Waals surface area contributed by atoms with Gasteiger partial charge in [-0.1, -0.05) is 26.8 Å². The lowest BCUT2D eigenvalue weighted by molar-refractivity contribution is -0.147.